The summed E-state index contributed by atoms with van der Waals surface area (Å²) in [7, 11) is 0. The minimum atomic E-state index is -0.673. The van der Waals surface area contributed by atoms with Gasteiger partial charge in [-0.1, -0.05) is 66.2 Å². The van der Waals surface area contributed by atoms with Crippen LogP contribution in [0.25, 0.3) is 0 Å². The maximum atomic E-state index is 6.74. The molecule has 1 aliphatic heterocycles. The van der Waals surface area contributed by atoms with E-state index in [4.69, 9.17) is 16.3 Å². The van der Waals surface area contributed by atoms with E-state index in [0.29, 0.717) is 5.02 Å². The van der Waals surface area contributed by atoms with E-state index in [1.807, 2.05) is 60.8 Å². The van der Waals surface area contributed by atoms with Crippen LogP contribution in [-0.2, 0) is 5.41 Å². The van der Waals surface area contributed by atoms with Crippen molar-refractivity contribution >= 4 is 11.6 Å². The Morgan fingerprint density at radius 3 is 2.42 bits per heavy atom. The van der Waals surface area contributed by atoms with E-state index < -0.39 is 5.41 Å². The van der Waals surface area contributed by atoms with Gasteiger partial charge in [-0.3, -0.25) is 0 Å². The van der Waals surface area contributed by atoms with Crippen LogP contribution in [0.4, 0.5) is 0 Å². The second-order valence-electron chi connectivity index (χ2n) is 6.27. The first-order chi connectivity index (χ1) is 12.8. The summed E-state index contributed by atoms with van der Waals surface area (Å²) < 4.78 is 6.21. The molecule has 0 saturated carbocycles. The number of rotatable bonds is 2. The van der Waals surface area contributed by atoms with Gasteiger partial charge in [0.25, 0.3) is 0 Å². The zero-order valence-electron chi connectivity index (χ0n) is 13.8. The largest absolute Gasteiger partial charge is 0.457 e. The normalized spacial score (nSPS) is 17.9. The molecule has 1 N–H and O–H groups in total. The van der Waals surface area contributed by atoms with Crippen LogP contribution in [0, 0.1) is 0 Å². The van der Waals surface area contributed by atoms with Gasteiger partial charge in [0.05, 0.1) is 0 Å². The Labute approximate surface area is 156 Å². The molecule has 3 nitrogen and oxygen atoms in total. The summed E-state index contributed by atoms with van der Waals surface area (Å²) in [4.78, 5) is 7.99. The molecule has 1 aliphatic rings. The number of para-hydroxylation sites is 1. The number of nitrogens with zero attached hydrogens (tertiary/aromatic N) is 1. The molecule has 0 bridgehead atoms. The van der Waals surface area contributed by atoms with Crippen molar-refractivity contribution in [3.05, 3.63) is 113 Å². The number of halogens is 1. The van der Waals surface area contributed by atoms with Gasteiger partial charge >= 0.3 is 0 Å². The SMILES string of the molecule is Clc1cccc2c1C(c1ccccc1)(c1ncc[nH]1)c1ccccc1O2. The van der Waals surface area contributed by atoms with Gasteiger partial charge in [0.2, 0.25) is 0 Å². The maximum absolute atomic E-state index is 6.74. The van der Waals surface area contributed by atoms with Gasteiger partial charge in [0.1, 0.15) is 22.7 Å². The van der Waals surface area contributed by atoms with Crippen molar-refractivity contribution in [2.24, 2.45) is 0 Å². The standard InChI is InChI=1S/C22H15ClN2O/c23-17-10-6-12-19-20(17)22(21-24-13-14-25-21,15-7-2-1-3-8-15)16-9-4-5-11-18(16)26-19/h1-14H,(H,24,25). The first-order valence-electron chi connectivity index (χ1n) is 8.43. The highest BCUT2D eigenvalue weighted by molar-refractivity contribution is 6.32. The van der Waals surface area contributed by atoms with Crippen molar-refractivity contribution in [2.75, 3.05) is 0 Å². The average Bonchev–Trinajstić information content (AvgIpc) is 3.22. The fraction of sp³-hybridized carbons (Fsp3) is 0.0455. The van der Waals surface area contributed by atoms with Gasteiger partial charge in [-0.05, 0) is 23.8 Å². The molecule has 0 aliphatic carbocycles. The molecule has 0 fully saturated rings. The fourth-order valence-corrected chi connectivity index (χ4v) is 4.22. The van der Waals surface area contributed by atoms with Gasteiger partial charge in [0.15, 0.2) is 0 Å². The van der Waals surface area contributed by atoms with Crippen LogP contribution < -0.4 is 4.74 Å². The van der Waals surface area contributed by atoms with E-state index in [2.05, 4.69) is 28.2 Å². The Morgan fingerprint density at radius 2 is 1.62 bits per heavy atom. The van der Waals surface area contributed by atoms with Crippen LogP contribution >= 0.6 is 11.6 Å². The van der Waals surface area contributed by atoms with Crippen LogP contribution in [0.15, 0.2) is 85.2 Å². The van der Waals surface area contributed by atoms with Gasteiger partial charge in [-0.2, -0.15) is 0 Å². The Balaban J connectivity index is 2.00. The molecule has 2 heterocycles. The van der Waals surface area contributed by atoms with Crippen molar-refractivity contribution in [1.82, 2.24) is 9.97 Å². The molecule has 1 aromatic heterocycles. The summed E-state index contributed by atoms with van der Waals surface area (Å²) in [5.74, 6) is 2.37. The molecular formula is C22H15ClN2O. The van der Waals surface area contributed by atoms with E-state index in [-0.39, 0.29) is 0 Å². The van der Waals surface area contributed by atoms with E-state index in [9.17, 15) is 0 Å². The predicted molar refractivity (Wildman–Crippen MR) is 102 cm³/mol. The Hall–Kier alpha value is -3.04. The molecule has 4 aromatic rings. The van der Waals surface area contributed by atoms with E-state index in [0.717, 1.165) is 34.0 Å². The third-order valence-electron chi connectivity index (χ3n) is 4.92. The minimum Gasteiger partial charge on any atom is -0.457 e. The van der Waals surface area contributed by atoms with Gasteiger partial charge < -0.3 is 9.72 Å². The minimum absolute atomic E-state index is 0.650. The van der Waals surface area contributed by atoms with Crippen molar-refractivity contribution < 1.29 is 4.74 Å². The molecule has 4 heteroatoms. The van der Waals surface area contributed by atoms with Crippen LogP contribution in [0.5, 0.6) is 11.5 Å². The topological polar surface area (TPSA) is 37.9 Å². The number of hydrogen-bond acceptors (Lipinski definition) is 2. The van der Waals surface area contributed by atoms with Crippen molar-refractivity contribution in [2.45, 2.75) is 5.41 Å². The van der Waals surface area contributed by atoms with Gasteiger partial charge in [-0.25, -0.2) is 4.98 Å². The maximum Gasteiger partial charge on any atom is 0.133 e. The third kappa shape index (κ3) is 1.98. The smallest absolute Gasteiger partial charge is 0.133 e. The highest BCUT2D eigenvalue weighted by atomic mass is 35.5. The molecule has 126 valence electrons. The fourth-order valence-electron chi connectivity index (χ4n) is 3.91. The number of nitrogens with one attached hydrogen (secondary N) is 1. The third-order valence-corrected chi connectivity index (χ3v) is 5.24. The van der Waals surface area contributed by atoms with Crippen LogP contribution in [-0.4, -0.2) is 9.97 Å². The summed E-state index contributed by atoms with van der Waals surface area (Å²) in [5.41, 5.74) is 2.33. The lowest BCUT2D eigenvalue weighted by Crippen LogP contribution is -2.35. The second kappa shape index (κ2) is 5.75. The molecule has 0 radical (unpaired) electrons. The van der Waals surface area contributed by atoms with Crippen LogP contribution in [0.2, 0.25) is 5.02 Å². The summed E-state index contributed by atoms with van der Waals surface area (Å²) in [6.07, 6.45) is 3.61. The van der Waals surface area contributed by atoms with E-state index in [1.165, 1.54) is 0 Å². The monoisotopic (exact) mass is 358 g/mol. The summed E-state index contributed by atoms with van der Waals surface area (Å²) in [6, 6.07) is 24.1. The number of imidazole rings is 1. The second-order valence-corrected chi connectivity index (χ2v) is 6.67. The predicted octanol–water partition coefficient (Wildman–Crippen LogP) is 5.55. The molecule has 5 rings (SSSR count). The zero-order chi connectivity index (χ0) is 17.6. The molecule has 1 atom stereocenters. The van der Waals surface area contributed by atoms with Crippen LogP contribution in [0.1, 0.15) is 22.5 Å². The average molecular weight is 359 g/mol. The molecule has 1 unspecified atom stereocenters. The number of H-pyrrole nitrogens is 1. The number of ether oxygens (including phenoxy) is 1. The van der Waals surface area contributed by atoms with Crippen molar-refractivity contribution in [1.29, 1.82) is 0 Å². The Morgan fingerprint density at radius 1 is 0.846 bits per heavy atom. The van der Waals surface area contributed by atoms with E-state index in [1.54, 1.807) is 6.20 Å². The number of benzene rings is 3. The Kier molecular flexibility index (Phi) is 3.37. The molecule has 26 heavy (non-hydrogen) atoms. The Bertz CT molecular complexity index is 1080. The number of hydrogen-bond donors (Lipinski definition) is 1. The van der Waals surface area contributed by atoms with Gasteiger partial charge in [-0.15, -0.1) is 0 Å². The van der Waals surface area contributed by atoms with E-state index >= 15 is 0 Å². The van der Waals surface area contributed by atoms with Crippen molar-refractivity contribution in [3.8, 4) is 11.5 Å². The zero-order valence-corrected chi connectivity index (χ0v) is 14.6. The molecule has 0 spiro atoms. The molecule has 3 aromatic carbocycles. The quantitative estimate of drug-likeness (QED) is 0.449. The lowest BCUT2D eigenvalue weighted by molar-refractivity contribution is 0.430. The first-order valence-corrected chi connectivity index (χ1v) is 8.81. The van der Waals surface area contributed by atoms with Crippen LogP contribution in [0.3, 0.4) is 0 Å². The van der Waals surface area contributed by atoms with Gasteiger partial charge in [0, 0.05) is 28.5 Å². The number of aromatic amines is 1. The molecule has 0 amide bonds. The van der Waals surface area contributed by atoms with Crippen molar-refractivity contribution in [3.63, 3.8) is 0 Å². The number of fused-ring (bicyclic) bond motifs is 2. The number of aromatic nitrogens is 2. The highest BCUT2D eigenvalue weighted by Crippen LogP contribution is 2.56. The summed E-state index contributed by atoms with van der Waals surface area (Å²) in [6.45, 7) is 0. The lowest BCUT2D eigenvalue weighted by Gasteiger charge is -2.39. The summed E-state index contributed by atoms with van der Waals surface area (Å²) >= 11 is 6.74. The molecule has 0 saturated heterocycles. The highest BCUT2D eigenvalue weighted by Gasteiger charge is 2.48. The first kappa shape index (κ1) is 15.2. The summed E-state index contributed by atoms with van der Waals surface area (Å²) in [5, 5.41) is 0.650. The lowest BCUT2D eigenvalue weighted by atomic mass is 9.67. The molecular weight excluding hydrogens is 344 g/mol.